The zero-order valence-corrected chi connectivity index (χ0v) is 10.7. The van der Waals surface area contributed by atoms with Crippen LogP contribution in [0.15, 0.2) is 18.2 Å². The SMILES string of the molecule is CNc1[c-]ccc[c-]1.[Na+].[Na+]. The van der Waals surface area contributed by atoms with Crippen LogP contribution < -0.4 is 64.4 Å². The fraction of sp³-hybridized carbons (Fsp3) is 0.143. The van der Waals surface area contributed by atoms with Crippen molar-refractivity contribution in [1.29, 1.82) is 0 Å². The van der Waals surface area contributed by atoms with E-state index < -0.39 is 0 Å². The second kappa shape index (κ2) is 8.12. The van der Waals surface area contributed by atoms with Crippen molar-refractivity contribution in [3.05, 3.63) is 30.3 Å². The Bertz CT molecular complexity index is 153. The number of anilines is 1. The summed E-state index contributed by atoms with van der Waals surface area (Å²) in [6.07, 6.45) is 0. The summed E-state index contributed by atoms with van der Waals surface area (Å²) in [5.74, 6) is 0. The first kappa shape index (κ1) is 13.6. The molecule has 0 spiro atoms. The van der Waals surface area contributed by atoms with E-state index in [1.54, 1.807) is 0 Å². The third kappa shape index (κ3) is 4.78. The number of hydrogen-bond acceptors (Lipinski definition) is 1. The minimum absolute atomic E-state index is 0. The minimum Gasteiger partial charge on any atom is -0.433 e. The molecule has 0 aromatic heterocycles. The molecule has 1 aromatic carbocycles. The van der Waals surface area contributed by atoms with E-state index in [1.165, 1.54) is 0 Å². The summed E-state index contributed by atoms with van der Waals surface area (Å²) in [5, 5.41) is 2.92. The van der Waals surface area contributed by atoms with E-state index in [9.17, 15) is 0 Å². The molecule has 0 aliphatic heterocycles. The molecule has 0 aliphatic carbocycles. The van der Waals surface area contributed by atoms with Crippen molar-refractivity contribution in [1.82, 2.24) is 0 Å². The largest absolute Gasteiger partial charge is 1.00 e. The van der Waals surface area contributed by atoms with Gasteiger partial charge in [-0.05, 0) is 7.05 Å². The maximum atomic E-state index is 2.95. The van der Waals surface area contributed by atoms with Crippen LogP contribution in [0, 0.1) is 12.1 Å². The number of nitrogens with one attached hydrogen (secondary N) is 1. The summed E-state index contributed by atoms with van der Waals surface area (Å²) in [6, 6.07) is 11.5. The molecule has 0 saturated carbocycles. The molecule has 1 rings (SSSR count). The molecule has 1 N–H and O–H groups in total. The number of para-hydroxylation sites is 1. The molecular formula is C7H7NNa2. The normalized spacial score (nSPS) is 6.90. The second-order valence-electron chi connectivity index (χ2n) is 1.44. The second-order valence-corrected chi connectivity index (χ2v) is 1.44. The third-order valence-corrected chi connectivity index (χ3v) is 0.898. The summed E-state index contributed by atoms with van der Waals surface area (Å²) in [4.78, 5) is 0. The summed E-state index contributed by atoms with van der Waals surface area (Å²) in [5.41, 5.74) is 0.910. The first-order valence-corrected chi connectivity index (χ1v) is 2.49. The zero-order chi connectivity index (χ0) is 5.82. The number of rotatable bonds is 1. The topological polar surface area (TPSA) is 12.0 Å². The monoisotopic (exact) mass is 151 g/mol. The average Bonchev–Trinajstić information content (AvgIpc) is 1.90. The van der Waals surface area contributed by atoms with Gasteiger partial charge in [-0.15, -0.1) is 0 Å². The van der Waals surface area contributed by atoms with Gasteiger partial charge in [0.25, 0.3) is 0 Å². The van der Waals surface area contributed by atoms with Crippen molar-refractivity contribution in [3.8, 4) is 0 Å². The van der Waals surface area contributed by atoms with E-state index in [0.29, 0.717) is 0 Å². The van der Waals surface area contributed by atoms with Gasteiger partial charge < -0.3 is 17.4 Å². The molecule has 0 atom stereocenters. The fourth-order valence-corrected chi connectivity index (χ4v) is 0.497. The van der Waals surface area contributed by atoms with E-state index in [4.69, 9.17) is 0 Å². The van der Waals surface area contributed by atoms with Gasteiger partial charge in [-0.1, -0.05) is 0 Å². The fourth-order valence-electron chi connectivity index (χ4n) is 0.497. The molecule has 3 heteroatoms. The van der Waals surface area contributed by atoms with Gasteiger partial charge in [0.1, 0.15) is 0 Å². The van der Waals surface area contributed by atoms with Crippen molar-refractivity contribution in [2.45, 2.75) is 0 Å². The van der Waals surface area contributed by atoms with Crippen LogP contribution in [-0.4, -0.2) is 7.05 Å². The number of benzene rings is 1. The molecule has 42 valence electrons. The van der Waals surface area contributed by atoms with E-state index >= 15 is 0 Å². The van der Waals surface area contributed by atoms with Crippen LogP contribution in [0.3, 0.4) is 0 Å². The van der Waals surface area contributed by atoms with Crippen LogP contribution in [0.4, 0.5) is 5.69 Å². The van der Waals surface area contributed by atoms with Gasteiger partial charge in [-0.25, -0.2) is 5.69 Å². The van der Waals surface area contributed by atoms with Crippen LogP contribution in [0.5, 0.6) is 0 Å². The molecule has 0 fully saturated rings. The van der Waals surface area contributed by atoms with Crippen molar-refractivity contribution in [2.75, 3.05) is 12.4 Å². The molecule has 1 nitrogen and oxygen atoms in total. The van der Waals surface area contributed by atoms with Gasteiger partial charge in [-0.3, -0.25) is 18.2 Å². The molecule has 0 bridgehead atoms. The van der Waals surface area contributed by atoms with Gasteiger partial charge in [0.15, 0.2) is 0 Å². The molecule has 0 amide bonds. The summed E-state index contributed by atoms with van der Waals surface area (Å²) in [6.45, 7) is 0. The molecule has 0 saturated heterocycles. The average molecular weight is 151 g/mol. The predicted molar refractivity (Wildman–Crippen MR) is 33.7 cm³/mol. The Hall–Kier alpha value is 1.02. The van der Waals surface area contributed by atoms with E-state index in [2.05, 4.69) is 17.4 Å². The molecule has 0 heterocycles. The smallest absolute Gasteiger partial charge is 0.433 e. The molecule has 0 radical (unpaired) electrons. The maximum Gasteiger partial charge on any atom is 1.00 e. The predicted octanol–water partition coefficient (Wildman–Crippen LogP) is -4.66. The number of hydrogen-bond donors (Lipinski definition) is 1. The van der Waals surface area contributed by atoms with Crippen LogP contribution in [0.2, 0.25) is 0 Å². The van der Waals surface area contributed by atoms with Crippen LogP contribution in [0.1, 0.15) is 0 Å². The van der Waals surface area contributed by atoms with Crippen LogP contribution >= 0.6 is 0 Å². The van der Waals surface area contributed by atoms with Crippen LogP contribution in [0.25, 0.3) is 0 Å². The Morgan fingerprint density at radius 3 is 2.00 bits per heavy atom. The van der Waals surface area contributed by atoms with Gasteiger partial charge >= 0.3 is 59.1 Å². The molecule has 0 aliphatic rings. The molecule has 10 heavy (non-hydrogen) atoms. The Kier molecular flexibility index (Phi) is 11.0. The van der Waals surface area contributed by atoms with Gasteiger partial charge in [-0.2, -0.15) is 0 Å². The maximum absolute atomic E-state index is 2.95. The first-order valence-electron chi connectivity index (χ1n) is 2.49. The Morgan fingerprint density at radius 2 is 1.70 bits per heavy atom. The van der Waals surface area contributed by atoms with Crippen molar-refractivity contribution in [2.24, 2.45) is 0 Å². The van der Waals surface area contributed by atoms with E-state index in [-0.39, 0.29) is 59.1 Å². The summed E-state index contributed by atoms with van der Waals surface area (Å²) >= 11 is 0. The van der Waals surface area contributed by atoms with Crippen LogP contribution in [-0.2, 0) is 0 Å². The molecule has 0 unspecified atom stereocenters. The summed E-state index contributed by atoms with van der Waals surface area (Å²) in [7, 11) is 1.85. The van der Waals surface area contributed by atoms with E-state index in [0.717, 1.165) is 5.69 Å². The molecule has 1 aromatic rings. The zero-order valence-electron chi connectivity index (χ0n) is 6.73. The standard InChI is InChI=1S/C7H7N.2Na/c1-8-7-5-3-2-4-6-7;;/h2-4,8H,1H3;;/q-2;2*+1. The Morgan fingerprint density at radius 1 is 1.20 bits per heavy atom. The van der Waals surface area contributed by atoms with Crippen molar-refractivity contribution in [3.63, 3.8) is 0 Å². The Balaban J connectivity index is 0. The third-order valence-electron chi connectivity index (χ3n) is 0.898. The van der Waals surface area contributed by atoms with E-state index in [1.807, 2.05) is 25.2 Å². The van der Waals surface area contributed by atoms with Crippen molar-refractivity contribution >= 4 is 5.69 Å². The summed E-state index contributed by atoms with van der Waals surface area (Å²) < 4.78 is 0. The van der Waals surface area contributed by atoms with Gasteiger partial charge in [0.2, 0.25) is 0 Å². The van der Waals surface area contributed by atoms with Gasteiger partial charge in [0.05, 0.1) is 0 Å². The van der Waals surface area contributed by atoms with Gasteiger partial charge in [0, 0.05) is 0 Å². The Labute approximate surface area is 106 Å². The quantitative estimate of drug-likeness (QED) is 0.314. The first-order chi connectivity index (χ1) is 3.93. The molecular weight excluding hydrogens is 144 g/mol. The van der Waals surface area contributed by atoms with Crippen molar-refractivity contribution < 1.29 is 59.1 Å². The minimum atomic E-state index is 0.